The van der Waals surface area contributed by atoms with Crippen molar-refractivity contribution >= 4 is 5.91 Å². The van der Waals surface area contributed by atoms with E-state index in [0.717, 1.165) is 57.8 Å². The highest BCUT2D eigenvalue weighted by atomic mass is 16.7. The first kappa shape index (κ1) is 69.3. The molecule has 11 heteroatoms. The fourth-order valence-electron chi connectivity index (χ4n) is 9.87. The minimum absolute atomic E-state index is 0.244. The molecule has 0 aromatic rings. The third-order valence-corrected chi connectivity index (χ3v) is 14.9. The van der Waals surface area contributed by atoms with Gasteiger partial charge in [-0.25, -0.2) is 0 Å². The number of carbonyl (C=O) groups is 1. The maximum atomic E-state index is 13.2. The topological polar surface area (TPSA) is 189 Å². The molecule has 1 rings (SSSR count). The van der Waals surface area contributed by atoms with Crippen LogP contribution in [0.2, 0.25) is 0 Å². The molecule has 430 valence electrons. The zero-order chi connectivity index (χ0) is 53.3. The zero-order valence-corrected chi connectivity index (χ0v) is 47.1. The Balaban J connectivity index is 2.30. The van der Waals surface area contributed by atoms with Gasteiger partial charge in [0.15, 0.2) is 6.29 Å². The second kappa shape index (κ2) is 51.1. The van der Waals surface area contributed by atoms with E-state index in [1.807, 2.05) is 0 Å². The lowest BCUT2D eigenvalue weighted by molar-refractivity contribution is -0.303. The normalized spacial score (nSPS) is 20.2. The number of unbranched alkanes of at least 4 members (excludes halogenated alkanes) is 35. The molecule has 0 spiro atoms. The predicted octanol–water partition coefficient (Wildman–Crippen LogP) is 13.5. The summed E-state index contributed by atoms with van der Waals surface area (Å²) in [7, 11) is 0. The average Bonchev–Trinajstić information content (AvgIpc) is 3.39. The van der Waals surface area contributed by atoms with Gasteiger partial charge in [0.05, 0.1) is 25.4 Å². The number of allylic oxidation sites excluding steroid dienone is 6. The number of aliphatic hydroxyl groups excluding tert-OH is 7. The van der Waals surface area contributed by atoms with Crippen molar-refractivity contribution in [1.29, 1.82) is 0 Å². The van der Waals surface area contributed by atoms with Crippen LogP contribution in [0.15, 0.2) is 36.5 Å². The SMILES string of the molecule is CCCCCCCCCC/C=C\CCCCCCCCC(O)C(=O)NC(COC1OC(CO)C(O)C(O)C1O)C(O)C(O)CCC/C=C/CC/C=C/CCCCCCCCCCCCCCCCCCCCC. The van der Waals surface area contributed by atoms with Crippen LogP contribution in [-0.2, 0) is 14.3 Å². The van der Waals surface area contributed by atoms with E-state index in [1.165, 1.54) is 180 Å². The van der Waals surface area contributed by atoms with E-state index in [2.05, 4.69) is 55.6 Å². The first-order valence-electron chi connectivity index (χ1n) is 30.9. The number of hydrogen-bond acceptors (Lipinski definition) is 10. The maximum absolute atomic E-state index is 13.2. The molecule has 1 saturated heterocycles. The summed E-state index contributed by atoms with van der Waals surface area (Å²) in [5.41, 5.74) is 0. The van der Waals surface area contributed by atoms with E-state index in [0.29, 0.717) is 19.3 Å². The van der Waals surface area contributed by atoms with Crippen molar-refractivity contribution in [3.8, 4) is 0 Å². The first-order chi connectivity index (χ1) is 35.7. The summed E-state index contributed by atoms with van der Waals surface area (Å²) in [5.74, 6) is -0.713. The van der Waals surface area contributed by atoms with Crippen LogP contribution in [-0.4, -0.2) is 110 Å². The Morgan fingerprint density at radius 3 is 1.22 bits per heavy atom. The summed E-state index contributed by atoms with van der Waals surface area (Å²) < 4.78 is 11.1. The monoisotopic (exact) mass is 1040 g/mol. The Morgan fingerprint density at radius 2 is 0.822 bits per heavy atom. The third kappa shape index (κ3) is 39.4. The second-order valence-corrected chi connectivity index (χ2v) is 21.8. The highest BCUT2D eigenvalue weighted by molar-refractivity contribution is 5.80. The Bertz CT molecular complexity index is 1280. The minimum Gasteiger partial charge on any atom is -0.394 e. The number of rotatable bonds is 53. The second-order valence-electron chi connectivity index (χ2n) is 21.8. The molecule has 1 fully saturated rings. The summed E-state index contributed by atoms with van der Waals surface area (Å²) in [6.07, 6.45) is 52.1. The van der Waals surface area contributed by atoms with Gasteiger partial charge in [-0.2, -0.15) is 0 Å². The van der Waals surface area contributed by atoms with Gasteiger partial charge in [0.25, 0.3) is 0 Å². The zero-order valence-electron chi connectivity index (χ0n) is 47.1. The van der Waals surface area contributed by atoms with Crippen molar-refractivity contribution in [2.45, 2.75) is 339 Å². The number of carbonyl (C=O) groups excluding carboxylic acids is 1. The van der Waals surface area contributed by atoms with Crippen LogP contribution in [0.5, 0.6) is 0 Å². The predicted molar refractivity (Wildman–Crippen MR) is 302 cm³/mol. The van der Waals surface area contributed by atoms with Gasteiger partial charge >= 0.3 is 0 Å². The molecule has 1 heterocycles. The summed E-state index contributed by atoms with van der Waals surface area (Å²) >= 11 is 0. The standard InChI is InChI=1S/C62H117NO10/c1-3-5-7-9-11-13-15-17-19-21-23-24-25-26-27-28-29-30-31-32-34-35-37-39-41-43-45-47-49-54(65)57(67)53(52-72-62-60(70)59(69)58(68)56(51-64)73-62)63-61(71)55(66)50-48-46-44-42-40-38-36-33-22-20-18-16-14-12-10-8-6-4-2/h22,33-35,41,43,53-60,62,64-70H,3-21,23-32,36-40,42,44-52H2,1-2H3,(H,63,71)/b33-22-,35-34+,43-41+. The number of hydrogen-bond donors (Lipinski definition) is 8. The van der Waals surface area contributed by atoms with Crippen molar-refractivity contribution < 1.29 is 50.0 Å². The van der Waals surface area contributed by atoms with Crippen molar-refractivity contribution in [2.75, 3.05) is 13.2 Å². The quantitative estimate of drug-likeness (QED) is 0.0215. The molecule has 0 bridgehead atoms. The number of aliphatic hydroxyl groups is 7. The molecule has 0 aromatic carbocycles. The lowest BCUT2D eigenvalue weighted by Crippen LogP contribution is -2.60. The molecule has 9 atom stereocenters. The molecule has 0 radical (unpaired) electrons. The molecular weight excluding hydrogens is 919 g/mol. The van der Waals surface area contributed by atoms with Crippen LogP contribution in [0.25, 0.3) is 0 Å². The lowest BCUT2D eigenvalue weighted by Gasteiger charge is -2.40. The summed E-state index contributed by atoms with van der Waals surface area (Å²) in [4.78, 5) is 13.2. The molecule has 0 aliphatic carbocycles. The molecule has 0 aromatic heterocycles. The van der Waals surface area contributed by atoms with Gasteiger partial charge in [0.2, 0.25) is 5.91 Å². The van der Waals surface area contributed by atoms with Crippen LogP contribution in [0.4, 0.5) is 0 Å². The van der Waals surface area contributed by atoms with Crippen molar-refractivity contribution in [2.24, 2.45) is 0 Å². The lowest BCUT2D eigenvalue weighted by atomic mass is 9.98. The Morgan fingerprint density at radius 1 is 0.466 bits per heavy atom. The Kier molecular flexibility index (Phi) is 48.5. The largest absolute Gasteiger partial charge is 0.394 e. The first-order valence-corrected chi connectivity index (χ1v) is 30.9. The van der Waals surface area contributed by atoms with E-state index in [9.17, 15) is 40.5 Å². The summed E-state index contributed by atoms with van der Waals surface area (Å²) in [6, 6.07) is -1.19. The van der Waals surface area contributed by atoms with Gasteiger partial charge < -0.3 is 50.5 Å². The Hall–Kier alpha value is -1.67. The fraction of sp³-hybridized carbons (Fsp3) is 0.887. The van der Waals surface area contributed by atoms with Gasteiger partial charge in [-0.05, 0) is 77.0 Å². The minimum atomic E-state index is -1.67. The fourth-order valence-corrected chi connectivity index (χ4v) is 9.87. The molecule has 73 heavy (non-hydrogen) atoms. The van der Waals surface area contributed by atoms with E-state index in [4.69, 9.17) is 9.47 Å². The van der Waals surface area contributed by atoms with Crippen molar-refractivity contribution in [1.82, 2.24) is 5.32 Å². The van der Waals surface area contributed by atoms with Crippen molar-refractivity contribution in [3.63, 3.8) is 0 Å². The van der Waals surface area contributed by atoms with E-state index in [1.54, 1.807) is 0 Å². The van der Waals surface area contributed by atoms with Gasteiger partial charge in [0, 0.05) is 0 Å². The molecule has 0 saturated carbocycles. The molecule has 9 unspecified atom stereocenters. The average molecular weight is 1040 g/mol. The number of amides is 1. The van der Waals surface area contributed by atoms with Crippen LogP contribution < -0.4 is 5.32 Å². The van der Waals surface area contributed by atoms with E-state index in [-0.39, 0.29) is 12.8 Å². The van der Waals surface area contributed by atoms with Crippen LogP contribution in [0.1, 0.15) is 284 Å². The van der Waals surface area contributed by atoms with Crippen LogP contribution in [0, 0.1) is 0 Å². The van der Waals surface area contributed by atoms with Gasteiger partial charge in [-0.1, -0.05) is 243 Å². The summed E-state index contributed by atoms with van der Waals surface area (Å²) in [5, 5.41) is 76.2. The van der Waals surface area contributed by atoms with Gasteiger partial charge in [0.1, 0.15) is 36.6 Å². The molecule has 1 aliphatic heterocycles. The maximum Gasteiger partial charge on any atom is 0.249 e. The molecular formula is C62H117NO10. The smallest absolute Gasteiger partial charge is 0.249 e. The van der Waals surface area contributed by atoms with E-state index >= 15 is 0 Å². The van der Waals surface area contributed by atoms with Crippen LogP contribution in [0.3, 0.4) is 0 Å². The highest BCUT2D eigenvalue weighted by Crippen LogP contribution is 2.23. The van der Waals surface area contributed by atoms with Crippen molar-refractivity contribution in [3.05, 3.63) is 36.5 Å². The summed E-state index contributed by atoms with van der Waals surface area (Å²) in [6.45, 7) is 3.46. The number of nitrogens with one attached hydrogen (secondary N) is 1. The molecule has 1 aliphatic rings. The van der Waals surface area contributed by atoms with Gasteiger partial charge in [-0.3, -0.25) is 4.79 Å². The highest BCUT2D eigenvalue weighted by Gasteiger charge is 2.44. The molecule has 11 nitrogen and oxygen atoms in total. The van der Waals surface area contributed by atoms with Crippen LogP contribution >= 0.6 is 0 Å². The molecule has 1 amide bonds. The van der Waals surface area contributed by atoms with E-state index < -0.39 is 74.2 Å². The Labute approximate surface area is 447 Å². The molecule has 8 N–H and O–H groups in total. The van der Waals surface area contributed by atoms with Gasteiger partial charge in [-0.15, -0.1) is 0 Å². The number of ether oxygens (including phenoxy) is 2. The third-order valence-electron chi connectivity index (χ3n) is 14.9.